The van der Waals surface area contributed by atoms with E-state index < -0.39 is 0 Å². The van der Waals surface area contributed by atoms with Crippen LogP contribution in [-0.2, 0) is 13.5 Å². The van der Waals surface area contributed by atoms with Crippen LogP contribution in [0.3, 0.4) is 0 Å². The summed E-state index contributed by atoms with van der Waals surface area (Å²) in [5.74, 6) is 1.92. The van der Waals surface area contributed by atoms with Gasteiger partial charge in [-0.15, -0.1) is 0 Å². The largest absolute Gasteiger partial charge is 0.340 e. The molecule has 2 aromatic heterocycles. The molecule has 0 saturated carbocycles. The van der Waals surface area contributed by atoms with E-state index in [0.717, 1.165) is 43.0 Å². The van der Waals surface area contributed by atoms with E-state index in [1.165, 1.54) is 0 Å². The first kappa shape index (κ1) is 17.4. The first-order chi connectivity index (χ1) is 11.9. The van der Waals surface area contributed by atoms with Crippen LogP contribution in [0.2, 0.25) is 0 Å². The summed E-state index contributed by atoms with van der Waals surface area (Å²) in [7, 11) is 1.87. The number of piperidine rings is 1. The van der Waals surface area contributed by atoms with Crippen molar-refractivity contribution in [1.82, 2.24) is 24.8 Å². The molecule has 0 bridgehead atoms. The minimum atomic E-state index is -0.0658. The highest BCUT2D eigenvalue weighted by atomic mass is 16.5. The molecule has 0 aliphatic carbocycles. The molecule has 8 heteroatoms. The number of hydrogen-bond donors (Lipinski definition) is 1. The van der Waals surface area contributed by atoms with Crippen LogP contribution in [0.1, 0.15) is 50.0 Å². The summed E-state index contributed by atoms with van der Waals surface area (Å²) < 4.78 is 6.77. The Bertz CT molecular complexity index is 735. The molecule has 1 aliphatic rings. The third kappa shape index (κ3) is 4.18. The highest BCUT2D eigenvalue weighted by Gasteiger charge is 2.26. The fourth-order valence-corrected chi connectivity index (χ4v) is 3.32. The Morgan fingerprint density at radius 1 is 1.48 bits per heavy atom. The number of urea groups is 1. The van der Waals surface area contributed by atoms with Crippen LogP contribution in [0.25, 0.3) is 0 Å². The summed E-state index contributed by atoms with van der Waals surface area (Å²) in [5, 5.41) is 11.4. The van der Waals surface area contributed by atoms with Gasteiger partial charge in [-0.3, -0.25) is 4.68 Å². The van der Waals surface area contributed by atoms with Crippen molar-refractivity contribution in [3.8, 4) is 0 Å². The first-order valence-corrected chi connectivity index (χ1v) is 8.81. The van der Waals surface area contributed by atoms with E-state index in [2.05, 4.69) is 34.4 Å². The quantitative estimate of drug-likeness (QED) is 0.919. The van der Waals surface area contributed by atoms with Crippen LogP contribution in [0.5, 0.6) is 0 Å². The van der Waals surface area contributed by atoms with E-state index in [1.807, 2.05) is 18.1 Å². The van der Waals surface area contributed by atoms with Crippen molar-refractivity contribution in [2.75, 3.05) is 18.4 Å². The third-order valence-corrected chi connectivity index (χ3v) is 4.49. The van der Waals surface area contributed by atoms with Gasteiger partial charge in [-0.2, -0.15) is 10.1 Å². The van der Waals surface area contributed by atoms with Crippen molar-refractivity contribution < 1.29 is 9.32 Å². The highest BCUT2D eigenvalue weighted by molar-refractivity contribution is 5.90. The molecule has 3 heterocycles. The van der Waals surface area contributed by atoms with Crippen LogP contribution < -0.4 is 5.32 Å². The maximum Gasteiger partial charge on any atom is 0.321 e. The fourth-order valence-electron chi connectivity index (χ4n) is 3.32. The zero-order chi connectivity index (χ0) is 18.0. The molecule has 1 aliphatic heterocycles. The minimum absolute atomic E-state index is 0.0658. The lowest BCUT2D eigenvalue weighted by Crippen LogP contribution is -2.43. The van der Waals surface area contributed by atoms with Gasteiger partial charge in [0.1, 0.15) is 0 Å². The van der Waals surface area contributed by atoms with Gasteiger partial charge in [0.05, 0.1) is 11.4 Å². The summed E-state index contributed by atoms with van der Waals surface area (Å²) in [5.41, 5.74) is 1.70. The lowest BCUT2D eigenvalue weighted by Gasteiger charge is -2.32. The molecule has 1 N–H and O–H groups in total. The number of anilines is 1. The second-order valence-electron chi connectivity index (χ2n) is 7.07. The predicted molar refractivity (Wildman–Crippen MR) is 93.4 cm³/mol. The van der Waals surface area contributed by atoms with Crippen molar-refractivity contribution in [3.63, 3.8) is 0 Å². The molecule has 3 rings (SSSR count). The molecule has 136 valence electrons. The van der Waals surface area contributed by atoms with Crippen LogP contribution in [-0.4, -0.2) is 43.9 Å². The van der Waals surface area contributed by atoms with E-state index >= 15 is 0 Å². The van der Waals surface area contributed by atoms with Crippen LogP contribution in [0.15, 0.2) is 10.7 Å². The Kier molecular flexibility index (Phi) is 5.06. The monoisotopic (exact) mass is 346 g/mol. The van der Waals surface area contributed by atoms with Gasteiger partial charge < -0.3 is 14.7 Å². The van der Waals surface area contributed by atoms with Crippen molar-refractivity contribution in [2.24, 2.45) is 13.0 Å². The summed E-state index contributed by atoms with van der Waals surface area (Å²) >= 11 is 0. The minimum Gasteiger partial charge on any atom is -0.340 e. The van der Waals surface area contributed by atoms with Gasteiger partial charge in [0, 0.05) is 39.7 Å². The lowest BCUT2D eigenvalue weighted by atomic mass is 9.95. The standard InChI is InChI=1S/C17H26N6O2/c1-11(2)16-14(10-22(4)20-16)19-17(24)23-7-5-6-13(9-23)8-15-18-12(3)25-21-15/h10-11,13H,5-9H2,1-4H3,(H,19,24). The second kappa shape index (κ2) is 7.25. The molecule has 0 aromatic carbocycles. The molecule has 8 nitrogen and oxygen atoms in total. The van der Waals surface area contributed by atoms with Crippen molar-refractivity contribution >= 4 is 11.7 Å². The predicted octanol–water partition coefficient (Wildman–Crippen LogP) is 2.72. The van der Waals surface area contributed by atoms with Gasteiger partial charge in [0.2, 0.25) is 5.89 Å². The molecule has 2 aromatic rings. The van der Waals surface area contributed by atoms with Gasteiger partial charge in [0.25, 0.3) is 0 Å². The molecular weight excluding hydrogens is 320 g/mol. The van der Waals surface area contributed by atoms with Crippen LogP contribution in [0, 0.1) is 12.8 Å². The molecule has 1 unspecified atom stereocenters. The number of amides is 2. The number of rotatable bonds is 4. The molecule has 0 radical (unpaired) electrons. The Labute approximate surface area is 147 Å². The van der Waals surface area contributed by atoms with E-state index in [9.17, 15) is 4.79 Å². The van der Waals surface area contributed by atoms with Crippen molar-refractivity contribution in [2.45, 2.75) is 46.0 Å². The summed E-state index contributed by atoms with van der Waals surface area (Å²) in [4.78, 5) is 18.8. The number of nitrogens with zero attached hydrogens (tertiary/aromatic N) is 5. The van der Waals surface area contributed by atoms with E-state index in [-0.39, 0.29) is 11.9 Å². The molecule has 1 fully saturated rings. The highest BCUT2D eigenvalue weighted by Crippen LogP contribution is 2.24. The van der Waals surface area contributed by atoms with Gasteiger partial charge in [0.15, 0.2) is 5.82 Å². The average molecular weight is 346 g/mol. The van der Waals surface area contributed by atoms with Gasteiger partial charge >= 0.3 is 6.03 Å². The molecule has 2 amide bonds. The van der Waals surface area contributed by atoms with Crippen LogP contribution in [0.4, 0.5) is 10.5 Å². The summed E-state index contributed by atoms with van der Waals surface area (Å²) in [6, 6.07) is -0.0658. The average Bonchev–Trinajstić information content (AvgIpc) is 3.13. The fraction of sp³-hybridized carbons (Fsp3) is 0.647. The second-order valence-corrected chi connectivity index (χ2v) is 7.07. The smallest absolute Gasteiger partial charge is 0.321 e. The molecule has 1 saturated heterocycles. The number of likely N-dealkylation sites (tertiary alicyclic amines) is 1. The van der Waals surface area contributed by atoms with Crippen LogP contribution >= 0.6 is 0 Å². The number of nitrogens with one attached hydrogen (secondary N) is 1. The maximum atomic E-state index is 12.7. The van der Waals surface area contributed by atoms with Crippen molar-refractivity contribution in [3.05, 3.63) is 23.6 Å². The molecule has 0 spiro atoms. The molecule has 25 heavy (non-hydrogen) atoms. The summed E-state index contributed by atoms with van der Waals surface area (Å²) in [6.45, 7) is 7.41. The number of carbonyl (C=O) groups is 1. The third-order valence-electron chi connectivity index (χ3n) is 4.49. The number of aromatic nitrogens is 4. The Morgan fingerprint density at radius 3 is 2.96 bits per heavy atom. The zero-order valence-corrected chi connectivity index (χ0v) is 15.3. The van der Waals surface area contributed by atoms with Gasteiger partial charge in [-0.1, -0.05) is 19.0 Å². The molecular formula is C17H26N6O2. The number of carbonyl (C=O) groups excluding carboxylic acids is 1. The normalized spacial score (nSPS) is 18.0. The Balaban J connectivity index is 1.62. The van der Waals surface area contributed by atoms with Gasteiger partial charge in [-0.25, -0.2) is 4.79 Å². The summed E-state index contributed by atoms with van der Waals surface area (Å²) in [6.07, 6.45) is 4.66. The SMILES string of the molecule is Cc1nc(CC2CCCN(C(=O)Nc3cn(C)nc3C(C)C)C2)no1. The Morgan fingerprint density at radius 2 is 2.28 bits per heavy atom. The van der Waals surface area contributed by atoms with Crippen molar-refractivity contribution in [1.29, 1.82) is 0 Å². The van der Waals surface area contributed by atoms with Gasteiger partial charge in [-0.05, 0) is 24.7 Å². The first-order valence-electron chi connectivity index (χ1n) is 8.81. The maximum absolute atomic E-state index is 12.7. The molecule has 1 atom stereocenters. The van der Waals surface area contributed by atoms with E-state index in [4.69, 9.17) is 4.52 Å². The van der Waals surface area contributed by atoms with E-state index in [0.29, 0.717) is 18.4 Å². The number of aryl methyl sites for hydroxylation is 2. The Hall–Kier alpha value is -2.38. The lowest BCUT2D eigenvalue weighted by molar-refractivity contribution is 0.176. The topological polar surface area (TPSA) is 89.1 Å². The zero-order valence-electron chi connectivity index (χ0n) is 15.3. The van der Waals surface area contributed by atoms with E-state index in [1.54, 1.807) is 11.6 Å². The number of hydrogen-bond acceptors (Lipinski definition) is 5.